The molecule has 0 amide bonds. The molecule has 0 fully saturated rings. The highest BCUT2D eigenvalue weighted by Crippen LogP contribution is 2.27. The van der Waals surface area contributed by atoms with E-state index < -0.39 is 0 Å². The van der Waals surface area contributed by atoms with Crippen LogP contribution in [0.15, 0.2) is 18.2 Å². The van der Waals surface area contributed by atoms with E-state index in [-0.39, 0.29) is 0 Å². The summed E-state index contributed by atoms with van der Waals surface area (Å²) in [5.74, 6) is 1.71. The smallest absolute Gasteiger partial charge is 0.164 e. The molecule has 0 bridgehead atoms. The van der Waals surface area contributed by atoms with Gasteiger partial charge in [-0.15, -0.1) is 10.2 Å². The van der Waals surface area contributed by atoms with Crippen LogP contribution in [0.25, 0.3) is 11.4 Å². The average Bonchev–Trinajstić information content (AvgIpc) is 2.71. The largest absolute Gasteiger partial charge is 0.310 e. The van der Waals surface area contributed by atoms with E-state index in [0.29, 0.717) is 15.4 Å². The Hall–Kier alpha value is -0.580. The third kappa shape index (κ3) is 2.87. The van der Waals surface area contributed by atoms with Gasteiger partial charge in [0.1, 0.15) is 5.82 Å². The molecule has 3 nitrogen and oxygen atoms in total. The summed E-state index contributed by atoms with van der Waals surface area (Å²) in [4.78, 5) is 0. The molecule has 2 rings (SSSR count). The van der Waals surface area contributed by atoms with Crippen molar-refractivity contribution in [3.63, 3.8) is 0 Å². The summed E-state index contributed by atoms with van der Waals surface area (Å²) in [6, 6.07) is 5.40. The molecule has 6 heteroatoms. The molecule has 0 aliphatic heterocycles. The van der Waals surface area contributed by atoms with Gasteiger partial charge in [0.15, 0.2) is 5.82 Å². The molecule has 18 heavy (non-hydrogen) atoms. The van der Waals surface area contributed by atoms with E-state index >= 15 is 0 Å². The van der Waals surface area contributed by atoms with Crippen molar-refractivity contribution in [2.24, 2.45) is 0 Å². The zero-order valence-electron chi connectivity index (χ0n) is 9.83. The Balaban J connectivity index is 2.52. The van der Waals surface area contributed by atoms with Crippen LogP contribution in [0.4, 0.5) is 0 Å². The molecule has 0 aliphatic carbocycles. The maximum absolute atomic E-state index is 6.02. The first-order valence-electron chi connectivity index (χ1n) is 5.60. The minimum atomic E-state index is 0.601. The fraction of sp³-hybridized carbons (Fsp3) is 0.333. The Morgan fingerprint density at radius 2 is 1.83 bits per heavy atom. The molecule has 0 saturated heterocycles. The zero-order chi connectivity index (χ0) is 13.1. The number of halogens is 3. The first-order valence-corrected chi connectivity index (χ1v) is 7.48. The van der Waals surface area contributed by atoms with Crippen molar-refractivity contribution >= 4 is 39.1 Å². The van der Waals surface area contributed by atoms with Crippen LogP contribution >= 0.6 is 39.1 Å². The van der Waals surface area contributed by atoms with Crippen molar-refractivity contribution in [1.29, 1.82) is 0 Å². The second-order valence-electron chi connectivity index (χ2n) is 3.88. The molecule has 0 aliphatic rings. The van der Waals surface area contributed by atoms with E-state index in [1.807, 2.05) is 12.1 Å². The van der Waals surface area contributed by atoms with Gasteiger partial charge in [-0.3, -0.25) is 0 Å². The molecule has 1 heterocycles. The van der Waals surface area contributed by atoms with Crippen LogP contribution in [-0.4, -0.2) is 14.8 Å². The van der Waals surface area contributed by atoms with E-state index in [4.69, 9.17) is 23.2 Å². The molecule has 0 saturated carbocycles. The minimum Gasteiger partial charge on any atom is -0.310 e. The van der Waals surface area contributed by atoms with Gasteiger partial charge < -0.3 is 4.57 Å². The molecular formula is C12H12BrCl2N3. The highest BCUT2D eigenvalue weighted by Gasteiger charge is 2.13. The van der Waals surface area contributed by atoms with Crippen molar-refractivity contribution in [1.82, 2.24) is 14.8 Å². The Morgan fingerprint density at radius 1 is 1.17 bits per heavy atom. The van der Waals surface area contributed by atoms with Crippen LogP contribution < -0.4 is 0 Å². The van der Waals surface area contributed by atoms with Crippen LogP contribution in [0, 0.1) is 0 Å². The molecule has 2 aromatic rings. The maximum Gasteiger partial charge on any atom is 0.164 e. The van der Waals surface area contributed by atoms with E-state index in [9.17, 15) is 0 Å². The minimum absolute atomic E-state index is 0.601. The summed E-state index contributed by atoms with van der Waals surface area (Å²) in [5.41, 5.74) is 0.889. The molecule has 96 valence electrons. The van der Waals surface area contributed by atoms with Gasteiger partial charge in [0.05, 0.1) is 5.33 Å². The summed E-state index contributed by atoms with van der Waals surface area (Å²) >= 11 is 15.5. The first-order chi connectivity index (χ1) is 8.65. The number of benzene rings is 1. The molecule has 1 aromatic carbocycles. The Labute approximate surface area is 124 Å². The van der Waals surface area contributed by atoms with Gasteiger partial charge in [-0.2, -0.15) is 0 Å². The number of rotatable bonds is 4. The average molecular weight is 349 g/mol. The monoisotopic (exact) mass is 347 g/mol. The fourth-order valence-electron chi connectivity index (χ4n) is 1.79. The van der Waals surface area contributed by atoms with Crippen molar-refractivity contribution in [3.05, 3.63) is 34.1 Å². The van der Waals surface area contributed by atoms with Crippen molar-refractivity contribution in [2.45, 2.75) is 25.2 Å². The highest BCUT2D eigenvalue weighted by atomic mass is 79.9. The lowest BCUT2D eigenvalue weighted by Crippen LogP contribution is -2.03. The third-order valence-electron chi connectivity index (χ3n) is 2.51. The summed E-state index contributed by atoms with van der Waals surface area (Å²) < 4.78 is 2.08. The quantitative estimate of drug-likeness (QED) is 0.758. The highest BCUT2D eigenvalue weighted by molar-refractivity contribution is 9.08. The van der Waals surface area contributed by atoms with E-state index in [1.165, 1.54) is 0 Å². The van der Waals surface area contributed by atoms with Gasteiger partial charge in [-0.1, -0.05) is 46.1 Å². The summed E-state index contributed by atoms with van der Waals surface area (Å²) in [5, 5.41) is 10.3. The van der Waals surface area contributed by atoms with Crippen LogP contribution in [0.3, 0.4) is 0 Å². The number of alkyl halides is 1. The molecule has 0 unspecified atom stereocenters. The normalized spacial score (nSPS) is 10.9. The number of aromatic nitrogens is 3. The van der Waals surface area contributed by atoms with Gasteiger partial charge in [0.25, 0.3) is 0 Å². The molecule has 0 N–H and O–H groups in total. The maximum atomic E-state index is 6.02. The Bertz CT molecular complexity index is 534. The number of hydrogen-bond acceptors (Lipinski definition) is 2. The van der Waals surface area contributed by atoms with Gasteiger partial charge in [-0.05, 0) is 24.6 Å². The molecule has 1 aromatic heterocycles. The molecule has 0 radical (unpaired) electrons. The van der Waals surface area contributed by atoms with Gasteiger partial charge in [0, 0.05) is 22.2 Å². The molecular weight excluding hydrogens is 337 g/mol. The van der Waals surface area contributed by atoms with Crippen molar-refractivity contribution in [2.75, 3.05) is 0 Å². The second kappa shape index (κ2) is 6.04. The van der Waals surface area contributed by atoms with Gasteiger partial charge in [0.2, 0.25) is 0 Å². The zero-order valence-corrected chi connectivity index (χ0v) is 12.9. The van der Waals surface area contributed by atoms with Gasteiger partial charge >= 0.3 is 0 Å². The van der Waals surface area contributed by atoms with Crippen LogP contribution in [-0.2, 0) is 11.9 Å². The predicted octanol–water partition coefficient (Wildman–Crippen LogP) is 4.56. The second-order valence-corrected chi connectivity index (χ2v) is 5.32. The van der Waals surface area contributed by atoms with Crippen molar-refractivity contribution in [3.8, 4) is 11.4 Å². The lowest BCUT2D eigenvalue weighted by atomic mass is 10.2. The van der Waals surface area contributed by atoms with E-state index in [0.717, 1.165) is 30.2 Å². The summed E-state index contributed by atoms with van der Waals surface area (Å²) in [6.45, 7) is 2.99. The van der Waals surface area contributed by atoms with Crippen LogP contribution in [0.5, 0.6) is 0 Å². The third-order valence-corrected chi connectivity index (χ3v) is 3.45. The Kier molecular flexibility index (Phi) is 4.65. The van der Waals surface area contributed by atoms with Crippen LogP contribution in [0.1, 0.15) is 19.2 Å². The predicted molar refractivity (Wildman–Crippen MR) is 78.4 cm³/mol. The topological polar surface area (TPSA) is 30.7 Å². The molecule has 0 spiro atoms. The lowest BCUT2D eigenvalue weighted by Gasteiger charge is -2.08. The van der Waals surface area contributed by atoms with E-state index in [1.54, 1.807) is 6.07 Å². The molecule has 0 atom stereocenters. The van der Waals surface area contributed by atoms with Crippen molar-refractivity contribution < 1.29 is 0 Å². The summed E-state index contributed by atoms with van der Waals surface area (Å²) in [7, 11) is 0. The Morgan fingerprint density at radius 3 is 2.39 bits per heavy atom. The standard InChI is InChI=1S/C12H12BrCl2N3/c1-2-3-18-11(7-13)16-17-12(18)8-4-9(14)6-10(15)5-8/h4-6H,2-3,7H2,1H3. The summed E-state index contributed by atoms with van der Waals surface area (Å²) in [6.07, 6.45) is 1.01. The van der Waals surface area contributed by atoms with Crippen LogP contribution in [0.2, 0.25) is 10.0 Å². The lowest BCUT2D eigenvalue weighted by molar-refractivity contribution is 0.661. The fourth-order valence-corrected chi connectivity index (χ4v) is 2.73. The number of nitrogens with zero attached hydrogens (tertiary/aromatic N) is 3. The van der Waals surface area contributed by atoms with Gasteiger partial charge in [-0.25, -0.2) is 0 Å². The SMILES string of the molecule is CCCn1c(CBr)nnc1-c1cc(Cl)cc(Cl)c1. The van der Waals surface area contributed by atoms with E-state index in [2.05, 4.69) is 37.6 Å². The first kappa shape index (κ1) is 13.8. The number of hydrogen-bond donors (Lipinski definition) is 0.